The summed E-state index contributed by atoms with van der Waals surface area (Å²) in [5, 5.41) is 0.822. The molecule has 35 heavy (non-hydrogen) atoms. The fraction of sp³-hybridized carbons (Fsp3) is 0.207. The predicted octanol–water partition coefficient (Wildman–Crippen LogP) is 6.14. The van der Waals surface area contributed by atoms with Crippen LogP contribution in [0.25, 0.3) is 10.9 Å². The molecule has 4 rings (SSSR count). The molecule has 0 aliphatic carbocycles. The summed E-state index contributed by atoms with van der Waals surface area (Å²) in [5.41, 5.74) is 4.81. The Morgan fingerprint density at radius 3 is 2.29 bits per heavy atom. The van der Waals surface area contributed by atoms with Gasteiger partial charge in [-0.05, 0) is 63.1 Å². The Morgan fingerprint density at radius 1 is 0.971 bits per heavy atom. The Hall–Kier alpha value is -3.64. The highest BCUT2D eigenvalue weighted by molar-refractivity contribution is 7.90. The van der Waals surface area contributed by atoms with Crippen LogP contribution in [0.5, 0.6) is 0 Å². The van der Waals surface area contributed by atoms with Crippen molar-refractivity contribution in [3.63, 3.8) is 0 Å². The van der Waals surface area contributed by atoms with Crippen molar-refractivity contribution in [3.05, 3.63) is 113 Å². The first-order chi connectivity index (χ1) is 16.7. The molecule has 1 atom stereocenters. The minimum atomic E-state index is -3.84. The zero-order chi connectivity index (χ0) is 25.2. The van der Waals surface area contributed by atoms with Gasteiger partial charge in [-0.15, -0.1) is 0 Å². The van der Waals surface area contributed by atoms with E-state index in [2.05, 4.69) is 0 Å². The van der Waals surface area contributed by atoms with Crippen LogP contribution in [0.3, 0.4) is 0 Å². The predicted molar refractivity (Wildman–Crippen MR) is 139 cm³/mol. The van der Waals surface area contributed by atoms with Crippen molar-refractivity contribution in [1.82, 2.24) is 3.97 Å². The summed E-state index contributed by atoms with van der Waals surface area (Å²) in [7, 11) is -3.84. The van der Waals surface area contributed by atoms with Crippen LogP contribution in [-0.4, -0.2) is 25.0 Å². The average Bonchev–Trinajstić information content (AvgIpc) is 3.22. The molecule has 6 heteroatoms. The Kier molecular flexibility index (Phi) is 6.94. The van der Waals surface area contributed by atoms with Crippen LogP contribution in [0, 0.1) is 13.8 Å². The second-order valence-corrected chi connectivity index (χ2v) is 10.5. The van der Waals surface area contributed by atoms with Gasteiger partial charge in [0.05, 0.1) is 17.0 Å². The van der Waals surface area contributed by atoms with Crippen molar-refractivity contribution < 1.29 is 17.9 Å². The summed E-state index contributed by atoms with van der Waals surface area (Å²) < 4.78 is 34.0. The van der Waals surface area contributed by atoms with Crippen LogP contribution in [0.1, 0.15) is 42.0 Å². The number of ether oxygens (including phenoxy) is 1. The number of carbonyl (C=O) groups is 1. The summed E-state index contributed by atoms with van der Waals surface area (Å²) in [6.07, 6.45) is 3.54. The molecular weight excluding hydrogens is 458 g/mol. The largest absolute Gasteiger partial charge is 0.463 e. The van der Waals surface area contributed by atoms with Gasteiger partial charge in [-0.2, -0.15) is 0 Å². The van der Waals surface area contributed by atoms with E-state index in [-0.39, 0.29) is 23.4 Å². The second-order valence-electron chi connectivity index (χ2n) is 8.68. The maximum Gasteiger partial charge on any atom is 0.333 e. The monoisotopic (exact) mass is 487 g/mol. The van der Waals surface area contributed by atoms with Crippen molar-refractivity contribution in [2.24, 2.45) is 0 Å². The molecule has 0 bridgehead atoms. The number of carbonyl (C=O) groups excluding carboxylic acids is 1. The second kappa shape index (κ2) is 9.92. The minimum absolute atomic E-state index is 0.224. The molecule has 3 aromatic carbocycles. The van der Waals surface area contributed by atoms with Crippen LogP contribution in [0.15, 0.2) is 95.5 Å². The van der Waals surface area contributed by atoms with E-state index in [1.165, 1.54) is 3.97 Å². The van der Waals surface area contributed by atoms with E-state index in [0.717, 1.165) is 27.6 Å². The van der Waals surface area contributed by atoms with Gasteiger partial charge in [0.15, 0.2) is 0 Å². The molecule has 0 aliphatic heterocycles. The molecule has 0 saturated heterocycles. The van der Waals surface area contributed by atoms with E-state index in [0.29, 0.717) is 11.1 Å². The van der Waals surface area contributed by atoms with Gasteiger partial charge in [0.1, 0.15) is 0 Å². The van der Waals surface area contributed by atoms with Gasteiger partial charge in [0, 0.05) is 23.1 Å². The van der Waals surface area contributed by atoms with Gasteiger partial charge in [0.2, 0.25) is 0 Å². The fourth-order valence-corrected chi connectivity index (χ4v) is 5.58. The number of nitrogens with zero attached hydrogens (tertiary/aromatic N) is 1. The lowest BCUT2D eigenvalue weighted by atomic mass is 9.89. The molecule has 180 valence electrons. The van der Waals surface area contributed by atoms with E-state index < -0.39 is 10.0 Å². The van der Waals surface area contributed by atoms with Crippen LogP contribution < -0.4 is 0 Å². The number of esters is 1. The Bertz CT molecular complexity index is 1500. The minimum Gasteiger partial charge on any atom is -0.463 e. The third-order valence-electron chi connectivity index (χ3n) is 6.04. The number of allylic oxidation sites excluding steroid dienone is 1. The smallest absolute Gasteiger partial charge is 0.333 e. The molecule has 5 nitrogen and oxygen atoms in total. The highest BCUT2D eigenvalue weighted by Crippen LogP contribution is 2.36. The number of benzene rings is 3. The van der Waals surface area contributed by atoms with Crippen molar-refractivity contribution in [3.8, 4) is 0 Å². The first-order valence-corrected chi connectivity index (χ1v) is 13.0. The number of fused-ring (bicyclic) bond motifs is 1. The molecule has 0 saturated carbocycles. The Labute approximate surface area is 206 Å². The molecule has 0 aliphatic rings. The van der Waals surface area contributed by atoms with Crippen LogP contribution in [0.4, 0.5) is 0 Å². The summed E-state index contributed by atoms with van der Waals surface area (Å²) in [6, 6.07) is 22.3. The van der Waals surface area contributed by atoms with Crippen molar-refractivity contribution in [2.75, 3.05) is 6.61 Å². The average molecular weight is 488 g/mol. The maximum absolute atomic E-state index is 13.7. The molecular formula is C29H29NO4S. The van der Waals surface area contributed by atoms with Crippen molar-refractivity contribution in [1.29, 1.82) is 0 Å². The lowest BCUT2D eigenvalue weighted by Crippen LogP contribution is -2.12. The summed E-state index contributed by atoms with van der Waals surface area (Å²) in [4.78, 5) is 12.7. The van der Waals surface area contributed by atoms with Crippen molar-refractivity contribution >= 4 is 26.9 Å². The van der Waals surface area contributed by atoms with Gasteiger partial charge in [0.25, 0.3) is 10.0 Å². The number of rotatable bonds is 7. The van der Waals surface area contributed by atoms with Crippen LogP contribution in [0.2, 0.25) is 0 Å². The van der Waals surface area contributed by atoms with Gasteiger partial charge in [-0.25, -0.2) is 17.2 Å². The van der Waals surface area contributed by atoms with Crippen molar-refractivity contribution in [2.45, 2.75) is 38.5 Å². The summed E-state index contributed by atoms with van der Waals surface area (Å²) in [5.74, 6) is -0.736. The standard InChI is InChI=1S/C29H29NO4S/c1-5-34-29(31)22(4)18-25(23-9-7-6-8-10-23)27-19-30(28-16-13-21(3)17-26(27)28)35(32,33)24-14-11-20(2)12-15-24/h6-19,25H,5H2,1-4H3/b22-18+. The zero-order valence-corrected chi connectivity index (χ0v) is 21.2. The summed E-state index contributed by atoms with van der Waals surface area (Å²) in [6.45, 7) is 7.68. The third-order valence-corrected chi connectivity index (χ3v) is 7.73. The van der Waals surface area contributed by atoms with Gasteiger partial charge in [-0.3, -0.25) is 0 Å². The van der Waals surface area contributed by atoms with E-state index in [1.807, 2.05) is 68.5 Å². The maximum atomic E-state index is 13.7. The number of hydrogen-bond acceptors (Lipinski definition) is 4. The van der Waals surface area contributed by atoms with E-state index in [4.69, 9.17) is 4.74 Å². The van der Waals surface area contributed by atoms with E-state index >= 15 is 0 Å². The fourth-order valence-electron chi connectivity index (χ4n) is 4.20. The zero-order valence-electron chi connectivity index (χ0n) is 20.4. The quantitative estimate of drug-likeness (QED) is 0.232. The van der Waals surface area contributed by atoms with Crippen LogP contribution >= 0.6 is 0 Å². The molecule has 1 unspecified atom stereocenters. The molecule has 0 radical (unpaired) electrons. The topological polar surface area (TPSA) is 65.4 Å². The number of hydrogen-bond donors (Lipinski definition) is 0. The first-order valence-electron chi connectivity index (χ1n) is 11.6. The molecule has 0 spiro atoms. The Balaban J connectivity index is 1.97. The van der Waals surface area contributed by atoms with Gasteiger partial charge < -0.3 is 4.74 Å². The molecule has 4 aromatic rings. The number of aryl methyl sites for hydroxylation is 2. The lowest BCUT2D eigenvalue weighted by molar-refractivity contribution is -0.138. The normalized spacial score (nSPS) is 13.1. The molecule has 1 heterocycles. The van der Waals surface area contributed by atoms with E-state index in [1.54, 1.807) is 44.3 Å². The number of aromatic nitrogens is 1. The molecule has 0 amide bonds. The van der Waals surface area contributed by atoms with Gasteiger partial charge in [-0.1, -0.05) is 65.7 Å². The molecule has 0 N–H and O–H groups in total. The third kappa shape index (κ3) is 4.93. The van der Waals surface area contributed by atoms with Gasteiger partial charge >= 0.3 is 5.97 Å². The SMILES string of the molecule is CCOC(=O)/C(C)=C/C(c1ccccc1)c1cn(S(=O)(=O)c2ccc(C)cc2)c2ccc(C)cc12. The van der Waals surface area contributed by atoms with E-state index in [9.17, 15) is 13.2 Å². The highest BCUT2D eigenvalue weighted by Gasteiger charge is 2.25. The lowest BCUT2D eigenvalue weighted by Gasteiger charge is -2.15. The Morgan fingerprint density at radius 2 is 1.63 bits per heavy atom. The summed E-state index contributed by atoms with van der Waals surface area (Å²) >= 11 is 0. The van der Waals surface area contributed by atoms with Crippen LogP contribution in [-0.2, 0) is 19.6 Å². The highest BCUT2D eigenvalue weighted by atomic mass is 32.2. The molecule has 0 fully saturated rings. The first kappa shape index (κ1) is 24.5. The molecule has 1 aromatic heterocycles.